The average Bonchev–Trinajstić information content (AvgIpc) is 2.88. The smallest absolute Gasteiger partial charge is 0.225 e. The van der Waals surface area contributed by atoms with Crippen LogP contribution in [-0.4, -0.2) is 57.4 Å². The molecular formula is C28H39N5O2. The number of benzene rings is 2. The summed E-state index contributed by atoms with van der Waals surface area (Å²) < 4.78 is 10.9. The quantitative estimate of drug-likeness (QED) is 0.380. The van der Waals surface area contributed by atoms with Crippen molar-refractivity contribution in [1.29, 1.82) is 0 Å². The largest absolute Gasteiger partial charge is 0.497 e. The van der Waals surface area contributed by atoms with Crippen LogP contribution in [-0.2, 0) is 6.42 Å². The topological polar surface area (TPSA) is 71.5 Å². The summed E-state index contributed by atoms with van der Waals surface area (Å²) in [6, 6.07) is 14.6. The number of ether oxygens (including phenoxy) is 2. The third-order valence-electron chi connectivity index (χ3n) is 6.91. The lowest BCUT2D eigenvalue weighted by Crippen LogP contribution is -2.32. The number of nitrogens with zero attached hydrogens (tertiary/aromatic N) is 3. The maximum absolute atomic E-state index is 5.50. The average molecular weight is 478 g/mol. The Labute approximate surface area is 209 Å². The van der Waals surface area contributed by atoms with Crippen LogP contribution in [0, 0.1) is 5.92 Å². The van der Waals surface area contributed by atoms with E-state index < -0.39 is 0 Å². The van der Waals surface area contributed by atoms with Gasteiger partial charge in [-0.3, -0.25) is 0 Å². The molecule has 0 aliphatic heterocycles. The van der Waals surface area contributed by atoms with Gasteiger partial charge in [-0.05, 0) is 93.4 Å². The Hall–Kier alpha value is -3.06. The minimum atomic E-state index is 0.433. The normalized spacial score (nSPS) is 17.8. The van der Waals surface area contributed by atoms with Gasteiger partial charge < -0.3 is 25.0 Å². The van der Waals surface area contributed by atoms with Gasteiger partial charge in [0.1, 0.15) is 17.3 Å². The SMILES string of the molecule is COc1ccc(OC)c(CCCNCC2CCC(Nc3nc(N(C)C)c4ccccc4n3)CC2)c1. The lowest BCUT2D eigenvalue weighted by molar-refractivity contribution is 0.324. The van der Waals surface area contributed by atoms with Gasteiger partial charge >= 0.3 is 0 Å². The molecule has 2 aromatic carbocycles. The molecule has 0 spiro atoms. The monoisotopic (exact) mass is 477 g/mol. The minimum absolute atomic E-state index is 0.433. The van der Waals surface area contributed by atoms with Crippen LogP contribution in [0.1, 0.15) is 37.7 Å². The molecule has 1 heterocycles. The van der Waals surface area contributed by atoms with Crippen molar-refractivity contribution in [2.45, 2.75) is 44.6 Å². The van der Waals surface area contributed by atoms with Gasteiger partial charge in [0.15, 0.2) is 0 Å². The van der Waals surface area contributed by atoms with E-state index >= 15 is 0 Å². The van der Waals surface area contributed by atoms with E-state index in [0.717, 1.165) is 78.9 Å². The molecule has 1 aliphatic carbocycles. The Morgan fingerprint density at radius 2 is 1.77 bits per heavy atom. The number of fused-ring (bicyclic) bond motifs is 1. The first-order valence-corrected chi connectivity index (χ1v) is 12.7. The summed E-state index contributed by atoms with van der Waals surface area (Å²) in [5, 5.41) is 8.37. The molecule has 0 unspecified atom stereocenters. The first-order chi connectivity index (χ1) is 17.1. The van der Waals surface area contributed by atoms with Crippen LogP contribution in [0.25, 0.3) is 10.9 Å². The van der Waals surface area contributed by atoms with Crippen LogP contribution in [0.2, 0.25) is 0 Å². The van der Waals surface area contributed by atoms with Crippen LogP contribution in [0.4, 0.5) is 11.8 Å². The van der Waals surface area contributed by atoms with Crippen molar-refractivity contribution >= 4 is 22.7 Å². The standard InChI is InChI=1S/C28H39N5O2/c1-33(2)27-24-9-5-6-10-25(24)31-28(32-27)30-22-13-11-20(12-14-22)19-29-17-7-8-21-18-23(34-3)15-16-26(21)35-4/h5-6,9-10,15-16,18,20,22,29H,7-8,11-14,17,19H2,1-4H3,(H,30,31,32). The third kappa shape index (κ3) is 6.54. The van der Waals surface area contributed by atoms with Gasteiger partial charge in [-0.25, -0.2) is 4.98 Å². The van der Waals surface area contributed by atoms with Gasteiger partial charge in [0.2, 0.25) is 5.95 Å². The second-order valence-corrected chi connectivity index (χ2v) is 9.63. The molecule has 1 saturated carbocycles. The second-order valence-electron chi connectivity index (χ2n) is 9.63. The molecule has 35 heavy (non-hydrogen) atoms. The highest BCUT2D eigenvalue weighted by molar-refractivity contribution is 5.90. The van der Waals surface area contributed by atoms with Gasteiger partial charge in [0.05, 0.1) is 19.7 Å². The van der Waals surface area contributed by atoms with Crippen molar-refractivity contribution in [2.75, 3.05) is 51.6 Å². The molecule has 1 fully saturated rings. The number of hydrogen-bond donors (Lipinski definition) is 2. The highest BCUT2D eigenvalue weighted by Gasteiger charge is 2.22. The van der Waals surface area contributed by atoms with E-state index in [-0.39, 0.29) is 0 Å². The van der Waals surface area contributed by atoms with Crippen LogP contribution in [0.3, 0.4) is 0 Å². The summed E-state index contributed by atoms with van der Waals surface area (Å²) >= 11 is 0. The van der Waals surface area contributed by atoms with Gasteiger partial charge in [-0.2, -0.15) is 4.98 Å². The van der Waals surface area contributed by atoms with Crippen molar-refractivity contribution < 1.29 is 9.47 Å². The van der Waals surface area contributed by atoms with E-state index in [1.807, 2.05) is 38.4 Å². The molecule has 7 nitrogen and oxygen atoms in total. The molecule has 1 aliphatic rings. The fourth-order valence-electron chi connectivity index (χ4n) is 4.95. The number of aryl methyl sites for hydroxylation is 1. The van der Waals surface area contributed by atoms with Crippen molar-refractivity contribution in [3.05, 3.63) is 48.0 Å². The van der Waals surface area contributed by atoms with Crippen LogP contribution < -0.4 is 25.0 Å². The fraction of sp³-hybridized carbons (Fsp3) is 0.500. The Kier molecular flexibility index (Phi) is 8.64. The molecule has 7 heteroatoms. The summed E-state index contributed by atoms with van der Waals surface area (Å²) in [4.78, 5) is 11.6. The summed E-state index contributed by atoms with van der Waals surface area (Å²) in [6.45, 7) is 2.09. The van der Waals surface area contributed by atoms with E-state index in [1.54, 1.807) is 14.2 Å². The fourth-order valence-corrected chi connectivity index (χ4v) is 4.95. The lowest BCUT2D eigenvalue weighted by atomic mass is 9.86. The van der Waals surface area contributed by atoms with E-state index in [2.05, 4.69) is 33.7 Å². The molecule has 2 N–H and O–H groups in total. The highest BCUT2D eigenvalue weighted by Crippen LogP contribution is 2.28. The molecule has 0 saturated heterocycles. The van der Waals surface area contributed by atoms with E-state index in [9.17, 15) is 0 Å². The van der Waals surface area contributed by atoms with E-state index in [0.29, 0.717) is 6.04 Å². The molecule has 188 valence electrons. The first-order valence-electron chi connectivity index (χ1n) is 12.7. The van der Waals surface area contributed by atoms with E-state index in [1.165, 1.54) is 18.4 Å². The summed E-state index contributed by atoms with van der Waals surface area (Å²) in [5.41, 5.74) is 2.19. The number of rotatable bonds is 11. The molecular weight excluding hydrogens is 438 g/mol. The predicted molar refractivity (Wildman–Crippen MR) is 144 cm³/mol. The van der Waals surface area contributed by atoms with E-state index in [4.69, 9.17) is 19.4 Å². The van der Waals surface area contributed by atoms with Crippen LogP contribution in [0.15, 0.2) is 42.5 Å². The second kappa shape index (κ2) is 12.1. The molecule has 4 rings (SSSR count). The molecule has 0 bridgehead atoms. The lowest BCUT2D eigenvalue weighted by Gasteiger charge is -2.29. The first kappa shape index (κ1) is 25.0. The maximum atomic E-state index is 5.50. The number of aromatic nitrogens is 2. The number of nitrogens with one attached hydrogen (secondary N) is 2. The van der Waals surface area contributed by atoms with Crippen molar-refractivity contribution in [3.8, 4) is 11.5 Å². The zero-order valence-corrected chi connectivity index (χ0v) is 21.5. The van der Waals surface area contributed by atoms with Gasteiger partial charge in [-0.1, -0.05) is 12.1 Å². The molecule has 0 amide bonds. The van der Waals surface area contributed by atoms with Crippen molar-refractivity contribution in [3.63, 3.8) is 0 Å². The zero-order chi connectivity index (χ0) is 24.6. The molecule has 0 atom stereocenters. The summed E-state index contributed by atoms with van der Waals surface area (Å²) in [7, 11) is 7.49. The maximum Gasteiger partial charge on any atom is 0.225 e. The number of anilines is 2. The van der Waals surface area contributed by atoms with Crippen LogP contribution >= 0.6 is 0 Å². The predicted octanol–water partition coefficient (Wildman–Crippen LogP) is 4.91. The zero-order valence-electron chi connectivity index (χ0n) is 21.5. The Balaban J connectivity index is 1.20. The van der Waals surface area contributed by atoms with Crippen molar-refractivity contribution in [1.82, 2.24) is 15.3 Å². The number of para-hydroxylation sites is 1. The summed E-state index contributed by atoms with van der Waals surface area (Å²) in [6.07, 6.45) is 6.81. The summed E-state index contributed by atoms with van der Waals surface area (Å²) in [5.74, 6) is 4.25. The molecule has 0 radical (unpaired) electrons. The Morgan fingerprint density at radius 1 is 0.971 bits per heavy atom. The van der Waals surface area contributed by atoms with Gasteiger partial charge in [0.25, 0.3) is 0 Å². The number of hydrogen-bond acceptors (Lipinski definition) is 7. The van der Waals surface area contributed by atoms with Gasteiger partial charge in [-0.15, -0.1) is 0 Å². The molecule has 3 aromatic rings. The third-order valence-corrected chi connectivity index (χ3v) is 6.91. The Bertz CT molecular complexity index is 1100. The molecule has 1 aromatic heterocycles. The Morgan fingerprint density at radius 3 is 2.51 bits per heavy atom. The van der Waals surface area contributed by atoms with Crippen molar-refractivity contribution in [2.24, 2.45) is 5.92 Å². The number of methoxy groups -OCH3 is 2. The highest BCUT2D eigenvalue weighted by atomic mass is 16.5. The minimum Gasteiger partial charge on any atom is -0.497 e. The van der Waals surface area contributed by atoms with Gasteiger partial charge in [0, 0.05) is 25.5 Å². The van der Waals surface area contributed by atoms with Crippen LogP contribution in [0.5, 0.6) is 11.5 Å².